The monoisotopic (exact) mass is 295 g/mol. The van der Waals surface area contributed by atoms with E-state index in [0.29, 0.717) is 18.0 Å². The van der Waals surface area contributed by atoms with Crippen LogP contribution in [0.2, 0.25) is 0 Å². The number of hydrogen-bond acceptors (Lipinski definition) is 5. The summed E-state index contributed by atoms with van der Waals surface area (Å²) in [5.74, 6) is 1.16. The van der Waals surface area contributed by atoms with E-state index in [1.165, 1.54) is 7.11 Å². The second kappa shape index (κ2) is 7.31. The van der Waals surface area contributed by atoms with Crippen LogP contribution in [0.5, 0.6) is 11.5 Å². The molecule has 1 rings (SSSR count). The molecule has 0 fully saturated rings. The molecule has 0 amide bonds. The Kier molecular flexibility index (Phi) is 6.03. The van der Waals surface area contributed by atoms with E-state index in [2.05, 4.69) is 5.32 Å². The molecule has 5 nitrogen and oxygen atoms in total. The van der Waals surface area contributed by atoms with E-state index in [9.17, 15) is 4.79 Å². The normalized spacial score (nSPS) is 12.7. The summed E-state index contributed by atoms with van der Waals surface area (Å²) < 4.78 is 15.3. The molecule has 0 saturated heterocycles. The van der Waals surface area contributed by atoms with Crippen LogP contribution in [0.1, 0.15) is 32.4 Å². The number of esters is 1. The Labute approximate surface area is 126 Å². The molecule has 1 N–H and O–H groups in total. The Morgan fingerprint density at radius 1 is 1.19 bits per heavy atom. The number of hydrogen-bond donors (Lipinski definition) is 1. The lowest BCUT2D eigenvalue weighted by atomic mass is 9.93. The minimum Gasteiger partial charge on any atom is -0.493 e. The molecule has 1 aromatic carbocycles. The van der Waals surface area contributed by atoms with Gasteiger partial charge >= 0.3 is 5.97 Å². The first kappa shape index (κ1) is 17.3. The Bertz CT molecular complexity index is 485. The van der Waals surface area contributed by atoms with Gasteiger partial charge < -0.3 is 19.5 Å². The van der Waals surface area contributed by atoms with Crippen molar-refractivity contribution in [3.05, 3.63) is 23.8 Å². The molecule has 1 unspecified atom stereocenters. The van der Waals surface area contributed by atoms with E-state index in [4.69, 9.17) is 14.2 Å². The van der Waals surface area contributed by atoms with Gasteiger partial charge in [0.2, 0.25) is 0 Å². The fraction of sp³-hybridized carbons (Fsp3) is 0.562. The van der Waals surface area contributed by atoms with Gasteiger partial charge in [-0.25, -0.2) is 0 Å². The van der Waals surface area contributed by atoms with Crippen LogP contribution >= 0.6 is 0 Å². The Morgan fingerprint density at radius 3 is 2.33 bits per heavy atom. The third-order valence-electron chi connectivity index (χ3n) is 3.50. The average Bonchev–Trinajstić information content (AvgIpc) is 2.50. The SMILES string of the molecule is COC(=O)C(C)(C)CNC(C)c1ccc(OC)c(OC)c1. The highest BCUT2D eigenvalue weighted by atomic mass is 16.5. The second-order valence-corrected chi connectivity index (χ2v) is 5.59. The van der Waals surface area contributed by atoms with Crippen LogP contribution in [0, 0.1) is 5.41 Å². The Balaban J connectivity index is 2.76. The van der Waals surface area contributed by atoms with Crippen LogP contribution in [0.4, 0.5) is 0 Å². The minimum absolute atomic E-state index is 0.0775. The van der Waals surface area contributed by atoms with Gasteiger partial charge in [0.05, 0.1) is 26.7 Å². The molecular weight excluding hydrogens is 270 g/mol. The van der Waals surface area contributed by atoms with Crippen molar-refractivity contribution in [1.29, 1.82) is 0 Å². The Morgan fingerprint density at radius 2 is 1.81 bits per heavy atom. The lowest BCUT2D eigenvalue weighted by Crippen LogP contribution is -2.37. The van der Waals surface area contributed by atoms with Crippen molar-refractivity contribution in [3.8, 4) is 11.5 Å². The van der Waals surface area contributed by atoms with Crippen molar-refractivity contribution in [2.45, 2.75) is 26.8 Å². The first-order chi connectivity index (χ1) is 9.85. The fourth-order valence-corrected chi connectivity index (χ4v) is 2.00. The molecule has 0 heterocycles. The molecule has 0 aliphatic carbocycles. The van der Waals surface area contributed by atoms with Gasteiger partial charge in [-0.2, -0.15) is 0 Å². The summed E-state index contributed by atoms with van der Waals surface area (Å²) in [6, 6.07) is 5.86. The molecule has 5 heteroatoms. The molecule has 0 spiro atoms. The topological polar surface area (TPSA) is 56.8 Å². The number of carbonyl (C=O) groups excluding carboxylic acids is 1. The predicted molar refractivity (Wildman–Crippen MR) is 81.8 cm³/mol. The second-order valence-electron chi connectivity index (χ2n) is 5.59. The van der Waals surface area contributed by atoms with Gasteiger partial charge in [0.1, 0.15) is 0 Å². The first-order valence-corrected chi connectivity index (χ1v) is 6.89. The van der Waals surface area contributed by atoms with Crippen molar-refractivity contribution >= 4 is 5.97 Å². The van der Waals surface area contributed by atoms with E-state index in [0.717, 1.165) is 5.56 Å². The fourth-order valence-electron chi connectivity index (χ4n) is 2.00. The van der Waals surface area contributed by atoms with Gasteiger partial charge in [-0.05, 0) is 38.5 Å². The molecule has 118 valence electrons. The maximum Gasteiger partial charge on any atom is 0.312 e. The van der Waals surface area contributed by atoms with Gasteiger partial charge in [0.25, 0.3) is 0 Å². The van der Waals surface area contributed by atoms with Crippen molar-refractivity contribution in [3.63, 3.8) is 0 Å². The van der Waals surface area contributed by atoms with Gasteiger partial charge in [0, 0.05) is 12.6 Å². The van der Waals surface area contributed by atoms with Crippen LogP contribution in [0.3, 0.4) is 0 Å². The molecular formula is C16H25NO4. The predicted octanol–water partition coefficient (Wildman–Crippen LogP) is 2.55. The zero-order valence-electron chi connectivity index (χ0n) is 13.6. The lowest BCUT2D eigenvalue weighted by Gasteiger charge is -2.25. The van der Waals surface area contributed by atoms with Crippen LogP contribution in [-0.2, 0) is 9.53 Å². The first-order valence-electron chi connectivity index (χ1n) is 6.89. The minimum atomic E-state index is -0.570. The molecule has 0 aliphatic rings. The third-order valence-corrected chi connectivity index (χ3v) is 3.50. The lowest BCUT2D eigenvalue weighted by molar-refractivity contribution is -0.150. The summed E-state index contributed by atoms with van der Waals surface area (Å²) in [4.78, 5) is 11.7. The van der Waals surface area contributed by atoms with E-state index >= 15 is 0 Å². The smallest absolute Gasteiger partial charge is 0.312 e. The molecule has 0 aliphatic heterocycles. The third kappa shape index (κ3) is 4.36. The van der Waals surface area contributed by atoms with Crippen molar-refractivity contribution in [2.75, 3.05) is 27.9 Å². The Hall–Kier alpha value is -1.75. The molecule has 0 radical (unpaired) electrons. The summed E-state index contributed by atoms with van der Waals surface area (Å²) in [5.41, 5.74) is 0.493. The summed E-state index contributed by atoms with van der Waals surface area (Å²) in [6.45, 7) is 6.27. The van der Waals surface area contributed by atoms with Crippen LogP contribution in [0.15, 0.2) is 18.2 Å². The molecule has 0 aromatic heterocycles. The molecule has 0 saturated carbocycles. The van der Waals surface area contributed by atoms with Gasteiger partial charge in [0.15, 0.2) is 11.5 Å². The molecule has 1 aromatic rings. The molecule has 1 atom stereocenters. The van der Waals surface area contributed by atoms with E-state index in [1.54, 1.807) is 14.2 Å². The van der Waals surface area contributed by atoms with Crippen molar-refractivity contribution < 1.29 is 19.0 Å². The largest absolute Gasteiger partial charge is 0.493 e. The quantitative estimate of drug-likeness (QED) is 0.783. The van der Waals surface area contributed by atoms with E-state index in [-0.39, 0.29) is 12.0 Å². The van der Waals surface area contributed by atoms with Gasteiger partial charge in [-0.3, -0.25) is 4.79 Å². The summed E-state index contributed by atoms with van der Waals surface area (Å²) in [5, 5.41) is 3.35. The standard InChI is InChI=1S/C16H25NO4/c1-11(17-10-16(2,3)15(18)21-6)12-7-8-13(19-4)14(9-12)20-5/h7-9,11,17H,10H2,1-6H3. The average molecular weight is 295 g/mol. The summed E-state index contributed by atoms with van der Waals surface area (Å²) in [6.07, 6.45) is 0. The van der Waals surface area contributed by atoms with Crippen molar-refractivity contribution in [1.82, 2.24) is 5.32 Å². The number of carbonyl (C=O) groups is 1. The highest BCUT2D eigenvalue weighted by Gasteiger charge is 2.29. The van der Waals surface area contributed by atoms with Crippen LogP contribution < -0.4 is 14.8 Å². The zero-order chi connectivity index (χ0) is 16.0. The maximum absolute atomic E-state index is 11.7. The van der Waals surface area contributed by atoms with Crippen LogP contribution in [0.25, 0.3) is 0 Å². The van der Waals surface area contributed by atoms with Crippen LogP contribution in [-0.4, -0.2) is 33.8 Å². The molecule has 21 heavy (non-hydrogen) atoms. The number of benzene rings is 1. The summed E-state index contributed by atoms with van der Waals surface area (Å²) in [7, 11) is 4.63. The van der Waals surface area contributed by atoms with Gasteiger partial charge in [-0.15, -0.1) is 0 Å². The van der Waals surface area contributed by atoms with E-state index < -0.39 is 5.41 Å². The summed E-state index contributed by atoms with van der Waals surface area (Å²) >= 11 is 0. The number of methoxy groups -OCH3 is 3. The van der Waals surface area contributed by atoms with Gasteiger partial charge in [-0.1, -0.05) is 6.07 Å². The van der Waals surface area contributed by atoms with Crippen molar-refractivity contribution in [2.24, 2.45) is 5.41 Å². The number of nitrogens with one attached hydrogen (secondary N) is 1. The number of ether oxygens (including phenoxy) is 3. The highest BCUT2D eigenvalue weighted by molar-refractivity contribution is 5.76. The highest BCUT2D eigenvalue weighted by Crippen LogP contribution is 2.30. The maximum atomic E-state index is 11.7. The zero-order valence-corrected chi connectivity index (χ0v) is 13.6. The molecule has 0 bridgehead atoms. The van der Waals surface area contributed by atoms with E-state index in [1.807, 2.05) is 39.0 Å². The number of rotatable bonds is 7.